The molecule has 27 heavy (non-hydrogen) atoms. The first-order valence-corrected chi connectivity index (χ1v) is 8.96. The number of nitrogens with zero attached hydrogens (tertiary/aromatic N) is 5. The van der Waals surface area contributed by atoms with Crippen molar-refractivity contribution in [3.05, 3.63) is 59.3 Å². The summed E-state index contributed by atoms with van der Waals surface area (Å²) in [4.78, 5) is 33.5. The van der Waals surface area contributed by atoms with Crippen molar-refractivity contribution in [2.45, 2.75) is 19.9 Å². The van der Waals surface area contributed by atoms with E-state index in [1.807, 2.05) is 61.2 Å². The number of nitrogens with one attached hydrogen (secondary N) is 1. The van der Waals surface area contributed by atoms with Crippen molar-refractivity contribution in [3.63, 3.8) is 0 Å². The summed E-state index contributed by atoms with van der Waals surface area (Å²) < 4.78 is 0. The predicted molar refractivity (Wildman–Crippen MR) is 104 cm³/mol. The monoisotopic (exact) mass is 362 g/mol. The van der Waals surface area contributed by atoms with E-state index in [2.05, 4.69) is 19.9 Å². The molecular weight excluding hydrogens is 340 g/mol. The summed E-state index contributed by atoms with van der Waals surface area (Å²) in [5, 5.41) is 0. The Morgan fingerprint density at radius 1 is 1.19 bits per heavy atom. The molecule has 0 bridgehead atoms. The van der Waals surface area contributed by atoms with Gasteiger partial charge >= 0.3 is 0 Å². The van der Waals surface area contributed by atoms with E-state index in [1.54, 1.807) is 6.33 Å². The number of aromatic amines is 1. The highest BCUT2D eigenvalue weighted by atomic mass is 16.2. The molecule has 4 rings (SSSR count). The molecule has 1 aliphatic heterocycles. The van der Waals surface area contributed by atoms with Crippen LogP contribution in [0.1, 0.15) is 27.4 Å². The van der Waals surface area contributed by atoms with Crippen LogP contribution in [0.5, 0.6) is 0 Å². The van der Waals surface area contributed by atoms with Gasteiger partial charge in [0.2, 0.25) is 0 Å². The Bertz CT molecular complexity index is 979. The van der Waals surface area contributed by atoms with Crippen LogP contribution >= 0.6 is 0 Å². The summed E-state index contributed by atoms with van der Waals surface area (Å²) in [5.74, 6) is 1.57. The van der Waals surface area contributed by atoms with Crippen LogP contribution in [0.15, 0.2) is 36.7 Å². The molecule has 2 aromatic heterocycles. The number of hydrogen-bond acceptors (Lipinski definition) is 5. The van der Waals surface area contributed by atoms with Crippen LogP contribution in [-0.4, -0.2) is 51.4 Å². The highest BCUT2D eigenvalue weighted by molar-refractivity contribution is 5.94. The standard InChI is InChI=1S/C20H22N6O/c1-13-17(24-18(23-13)14-7-5-4-6-8-14)20(27)26-10-9-15-16(11-26)21-12-22-19(15)25(2)3/h4-8,12H,9-11H2,1-3H3,(H,23,24). The van der Waals surface area contributed by atoms with Crippen molar-refractivity contribution < 1.29 is 4.79 Å². The van der Waals surface area contributed by atoms with Gasteiger partial charge in [0.15, 0.2) is 0 Å². The molecule has 7 nitrogen and oxygen atoms in total. The largest absolute Gasteiger partial charge is 0.362 e. The number of H-pyrrole nitrogens is 1. The molecule has 0 radical (unpaired) electrons. The molecule has 0 saturated heterocycles. The Morgan fingerprint density at radius 3 is 2.70 bits per heavy atom. The smallest absolute Gasteiger partial charge is 0.274 e. The number of aromatic nitrogens is 4. The van der Waals surface area contributed by atoms with Crippen LogP contribution in [0.4, 0.5) is 5.82 Å². The van der Waals surface area contributed by atoms with E-state index in [9.17, 15) is 4.79 Å². The molecule has 3 aromatic rings. The topological polar surface area (TPSA) is 78.0 Å². The molecule has 3 heterocycles. The summed E-state index contributed by atoms with van der Waals surface area (Å²) in [6, 6.07) is 9.82. The van der Waals surface area contributed by atoms with Crippen LogP contribution in [-0.2, 0) is 13.0 Å². The number of rotatable bonds is 3. The van der Waals surface area contributed by atoms with Gasteiger partial charge in [0.05, 0.1) is 12.2 Å². The molecule has 0 unspecified atom stereocenters. The highest BCUT2D eigenvalue weighted by Crippen LogP contribution is 2.26. The number of benzene rings is 1. The second-order valence-corrected chi connectivity index (χ2v) is 6.92. The Balaban J connectivity index is 1.60. The van der Waals surface area contributed by atoms with Crippen molar-refractivity contribution >= 4 is 11.7 Å². The zero-order chi connectivity index (χ0) is 19.0. The SMILES string of the molecule is Cc1[nH]c(-c2ccccc2)nc1C(=O)N1CCc2c(ncnc2N(C)C)C1. The predicted octanol–water partition coefficient (Wildman–Crippen LogP) is 2.44. The van der Waals surface area contributed by atoms with Gasteiger partial charge in [-0.25, -0.2) is 15.0 Å². The Hall–Kier alpha value is -3.22. The minimum Gasteiger partial charge on any atom is -0.362 e. The van der Waals surface area contributed by atoms with Crippen LogP contribution < -0.4 is 4.90 Å². The molecule has 7 heteroatoms. The van der Waals surface area contributed by atoms with E-state index in [0.29, 0.717) is 24.6 Å². The van der Waals surface area contributed by atoms with Crippen molar-refractivity contribution in [3.8, 4) is 11.4 Å². The minimum absolute atomic E-state index is 0.0680. The lowest BCUT2D eigenvalue weighted by atomic mass is 10.0. The van der Waals surface area contributed by atoms with Crippen molar-refractivity contribution in [1.29, 1.82) is 0 Å². The first-order valence-electron chi connectivity index (χ1n) is 8.96. The van der Waals surface area contributed by atoms with Crippen LogP contribution in [0, 0.1) is 6.92 Å². The number of fused-ring (bicyclic) bond motifs is 1. The van der Waals surface area contributed by atoms with Gasteiger partial charge < -0.3 is 14.8 Å². The molecule has 138 valence electrons. The van der Waals surface area contributed by atoms with Crippen molar-refractivity contribution in [2.24, 2.45) is 0 Å². The number of carbonyl (C=O) groups is 1. The summed E-state index contributed by atoms with van der Waals surface area (Å²) in [6.45, 7) is 2.99. The summed E-state index contributed by atoms with van der Waals surface area (Å²) in [7, 11) is 3.94. The summed E-state index contributed by atoms with van der Waals surface area (Å²) in [5.41, 5.74) is 4.24. The molecule has 0 spiro atoms. The summed E-state index contributed by atoms with van der Waals surface area (Å²) >= 11 is 0. The number of amides is 1. The van der Waals surface area contributed by atoms with Crippen LogP contribution in [0.3, 0.4) is 0 Å². The van der Waals surface area contributed by atoms with E-state index >= 15 is 0 Å². The lowest BCUT2D eigenvalue weighted by Crippen LogP contribution is -2.37. The highest BCUT2D eigenvalue weighted by Gasteiger charge is 2.28. The Labute approximate surface area is 158 Å². The van der Waals surface area contributed by atoms with Crippen molar-refractivity contribution in [2.75, 3.05) is 25.5 Å². The van der Waals surface area contributed by atoms with Gasteiger partial charge in [-0.05, 0) is 13.3 Å². The third kappa shape index (κ3) is 3.16. The third-order valence-electron chi connectivity index (χ3n) is 4.83. The van der Waals surface area contributed by atoms with E-state index < -0.39 is 0 Å². The van der Waals surface area contributed by atoms with Gasteiger partial charge in [-0.3, -0.25) is 4.79 Å². The minimum atomic E-state index is -0.0680. The number of imidazole rings is 1. The van der Waals surface area contributed by atoms with Gasteiger partial charge in [-0.1, -0.05) is 30.3 Å². The Kier molecular flexibility index (Phi) is 4.35. The first-order chi connectivity index (χ1) is 13.0. The molecule has 1 amide bonds. The molecule has 1 aromatic carbocycles. The zero-order valence-corrected chi connectivity index (χ0v) is 15.7. The maximum atomic E-state index is 13.1. The second-order valence-electron chi connectivity index (χ2n) is 6.92. The maximum Gasteiger partial charge on any atom is 0.274 e. The van der Waals surface area contributed by atoms with E-state index in [-0.39, 0.29) is 5.91 Å². The number of anilines is 1. The molecule has 1 N–H and O–H groups in total. The van der Waals surface area contributed by atoms with Gasteiger partial charge in [0, 0.05) is 37.5 Å². The molecule has 0 fully saturated rings. The third-order valence-corrected chi connectivity index (χ3v) is 4.83. The quantitative estimate of drug-likeness (QED) is 0.774. The fourth-order valence-electron chi connectivity index (χ4n) is 3.45. The number of aryl methyl sites for hydroxylation is 1. The summed E-state index contributed by atoms with van der Waals surface area (Å²) in [6.07, 6.45) is 2.31. The Morgan fingerprint density at radius 2 is 1.96 bits per heavy atom. The maximum absolute atomic E-state index is 13.1. The van der Waals surface area contributed by atoms with Gasteiger partial charge in [-0.15, -0.1) is 0 Å². The first kappa shape index (κ1) is 17.2. The van der Waals surface area contributed by atoms with Gasteiger partial charge in [-0.2, -0.15) is 0 Å². The molecule has 1 aliphatic rings. The molecule has 0 atom stereocenters. The van der Waals surface area contributed by atoms with E-state index in [4.69, 9.17) is 0 Å². The molecular formula is C20H22N6O. The normalized spacial score (nSPS) is 13.4. The fourth-order valence-corrected chi connectivity index (χ4v) is 3.45. The number of carbonyl (C=O) groups excluding carboxylic acids is 1. The molecule has 0 saturated carbocycles. The molecule has 0 aliphatic carbocycles. The van der Waals surface area contributed by atoms with Crippen LogP contribution in [0.2, 0.25) is 0 Å². The van der Waals surface area contributed by atoms with E-state index in [1.165, 1.54) is 0 Å². The van der Waals surface area contributed by atoms with Crippen molar-refractivity contribution in [1.82, 2.24) is 24.8 Å². The van der Waals surface area contributed by atoms with Gasteiger partial charge in [0.1, 0.15) is 23.7 Å². The van der Waals surface area contributed by atoms with E-state index in [0.717, 1.165) is 34.8 Å². The second kappa shape index (κ2) is 6.83. The average molecular weight is 362 g/mol. The average Bonchev–Trinajstić information content (AvgIpc) is 3.08. The van der Waals surface area contributed by atoms with Gasteiger partial charge in [0.25, 0.3) is 5.91 Å². The lowest BCUT2D eigenvalue weighted by Gasteiger charge is -2.29. The van der Waals surface area contributed by atoms with Crippen LogP contribution in [0.25, 0.3) is 11.4 Å². The zero-order valence-electron chi connectivity index (χ0n) is 15.7. The fraction of sp³-hybridized carbons (Fsp3) is 0.300. The lowest BCUT2D eigenvalue weighted by molar-refractivity contribution is 0.0725. The number of hydrogen-bond donors (Lipinski definition) is 1.